The quantitative estimate of drug-likeness (QED) is 0.376. The molecule has 0 bridgehead atoms. The third kappa shape index (κ3) is 3.51. The molecule has 112 valence electrons. The van der Waals surface area contributed by atoms with Crippen molar-refractivity contribution in [1.82, 2.24) is 10.3 Å². The van der Waals surface area contributed by atoms with Crippen molar-refractivity contribution in [1.29, 1.82) is 0 Å². The molecule has 2 nitrogen and oxygen atoms in total. The summed E-state index contributed by atoms with van der Waals surface area (Å²) in [7, 11) is 0. The Morgan fingerprint density at radius 3 is 2.77 bits per heavy atom. The smallest absolute Gasteiger partial charge is 0.109 e. The minimum atomic E-state index is 0.643. The lowest BCUT2D eigenvalue weighted by Gasteiger charge is -2.09. The molecule has 0 aliphatic rings. The molecular weight excluding hydrogens is 467 g/mol. The van der Waals surface area contributed by atoms with Gasteiger partial charge in [0.1, 0.15) is 9.82 Å². The van der Waals surface area contributed by atoms with E-state index < -0.39 is 0 Å². The van der Waals surface area contributed by atoms with Gasteiger partial charge in [-0.25, -0.2) is 0 Å². The fourth-order valence-electron chi connectivity index (χ4n) is 2.03. The Morgan fingerprint density at radius 1 is 1.32 bits per heavy atom. The lowest BCUT2D eigenvalue weighted by atomic mass is 10.2. The second-order valence-electron chi connectivity index (χ2n) is 4.63. The first-order valence-corrected chi connectivity index (χ1v) is 9.47. The van der Waals surface area contributed by atoms with Crippen LogP contribution in [0.5, 0.6) is 0 Å². The number of pyridine rings is 1. The van der Waals surface area contributed by atoms with Gasteiger partial charge in [-0.15, -0.1) is 11.3 Å². The van der Waals surface area contributed by atoms with Gasteiger partial charge in [0, 0.05) is 28.7 Å². The number of aromatic amines is 1. The molecule has 0 amide bonds. The number of halogens is 2. The van der Waals surface area contributed by atoms with Crippen LogP contribution in [0.4, 0.5) is 0 Å². The fraction of sp³-hybridized carbons (Fsp3) is 0.0667. The number of thiophene rings is 1. The highest BCUT2D eigenvalue weighted by atomic mass is 127. The van der Waals surface area contributed by atoms with Gasteiger partial charge in [0.2, 0.25) is 0 Å². The fourth-order valence-corrected chi connectivity index (χ4v) is 4.58. The minimum Gasteiger partial charge on any atom is -0.372 e. The molecule has 0 radical (unpaired) electrons. The summed E-state index contributed by atoms with van der Waals surface area (Å²) in [6.45, 7) is 0.643. The zero-order valence-corrected chi connectivity index (χ0v) is 16.5. The lowest BCUT2D eigenvalue weighted by molar-refractivity contribution is 0.928. The number of H-pyrrole nitrogens is 1. The van der Waals surface area contributed by atoms with Crippen molar-refractivity contribution in [2.24, 2.45) is 0 Å². The molecule has 0 fully saturated rings. The zero-order chi connectivity index (χ0) is 15.7. The monoisotopic (exact) mass is 476 g/mol. The van der Waals surface area contributed by atoms with E-state index in [1.807, 2.05) is 30.5 Å². The minimum absolute atomic E-state index is 0.643. The summed E-state index contributed by atoms with van der Waals surface area (Å²) in [5.74, 6) is 0. The van der Waals surface area contributed by atoms with Crippen LogP contribution in [0, 0.1) is 7.39 Å². The van der Waals surface area contributed by atoms with Crippen molar-refractivity contribution in [2.75, 3.05) is 0 Å². The molecule has 0 spiro atoms. The van der Waals surface area contributed by atoms with Crippen LogP contribution in [-0.2, 0) is 6.54 Å². The summed E-state index contributed by atoms with van der Waals surface area (Å²) in [6.07, 6.45) is 1.88. The first-order chi connectivity index (χ1) is 10.5. The zero-order valence-electron chi connectivity index (χ0n) is 11.2. The SMILES string of the molecule is S=C(NCc1ccc(Cl)cc1)c1c[nH]c2sc(I)cc2c1=S. The average molecular weight is 477 g/mol. The van der Waals surface area contributed by atoms with Crippen LogP contribution in [0.25, 0.3) is 10.2 Å². The third-order valence-corrected chi connectivity index (χ3v) is 6.03. The topological polar surface area (TPSA) is 27.8 Å². The van der Waals surface area contributed by atoms with E-state index in [1.54, 1.807) is 11.3 Å². The Bertz CT molecular complexity index is 899. The number of hydrogen-bond acceptors (Lipinski definition) is 3. The van der Waals surface area contributed by atoms with Gasteiger partial charge in [-0.05, 0) is 46.4 Å². The third-order valence-electron chi connectivity index (χ3n) is 3.15. The largest absolute Gasteiger partial charge is 0.372 e. The highest BCUT2D eigenvalue weighted by Crippen LogP contribution is 2.27. The second-order valence-corrected chi connectivity index (χ2v) is 8.83. The van der Waals surface area contributed by atoms with Crippen LogP contribution in [0.15, 0.2) is 36.5 Å². The highest BCUT2D eigenvalue weighted by Gasteiger charge is 2.09. The van der Waals surface area contributed by atoms with Crippen LogP contribution in [0.1, 0.15) is 11.1 Å². The maximum atomic E-state index is 5.88. The molecule has 22 heavy (non-hydrogen) atoms. The van der Waals surface area contributed by atoms with Gasteiger partial charge >= 0.3 is 0 Å². The van der Waals surface area contributed by atoms with Crippen LogP contribution >= 0.6 is 70.0 Å². The number of aromatic nitrogens is 1. The van der Waals surface area contributed by atoms with Crippen molar-refractivity contribution in [3.05, 3.63) is 60.1 Å². The van der Waals surface area contributed by atoms with Gasteiger partial charge in [0.05, 0.1) is 7.39 Å². The van der Waals surface area contributed by atoms with Gasteiger partial charge in [-0.2, -0.15) is 0 Å². The first kappa shape index (κ1) is 16.3. The average Bonchev–Trinajstić information content (AvgIpc) is 2.88. The summed E-state index contributed by atoms with van der Waals surface area (Å²) < 4.78 is 1.99. The molecule has 0 atom stereocenters. The molecule has 3 rings (SSSR count). The maximum absolute atomic E-state index is 5.88. The maximum Gasteiger partial charge on any atom is 0.109 e. The van der Waals surface area contributed by atoms with Gasteiger partial charge in [0.25, 0.3) is 0 Å². The van der Waals surface area contributed by atoms with Crippen molar-refractivity contribution in [3.8, 4) is 0 Å². The highest BCUT2D eigenvalue weighted by molar-refractivity contribution is 14.1. The van der Waals surface area contributed by atoms with E-state index in [9.17, 15) is 0 Å². The number of benzene rings is 1. The first-order valence-electron chi connectivity index (χ1n) is 6.38. The van der Waals surface area contributed by atoms with Crippen molar-refractivity contribution in [3.63, 3.8) is 0 Å². The lowest BCUT2D eigenvalue weighted by Crippen LogP contribution is -2.22. The predicted octanol–water partition coefficient (Wildman–Crippen LogP) is 5.68. The Morgan fingerprint density at radius 2 is 2.05 bits per heavy atom. The van der Waals surface area contributed by atoms with Gasteiger partial charge in [-0.3, -0.25) is 0 Å². The molecule has 1 aromatic carbocycles. The van der Waals surface area contributed by atoms with E-state index in [2.05, 4.69) is 39.0 Å². The molecule has 2 heterocycles. The van der Waals surface area contributed by atoms with E-state index in [0.29, 0.717) is 11.5 Å². The molecule has 0 saturated carbocycles. The van der Waals surface area contributed by atoms with Crippen LogP contribution < -0.4 is 5.32 Å². The molecule has 2 aromatic heterocycles. The summed E-state index contributed by atoms with van der Waals surface area (Å²) in [4.78, 5) is 5.00. The summed E-state index contributed by atoms with van der Waals surface area (Å²) >= 11 is 20.9. The number of nitrogens with one attached hydrogen (secondary N) is 2. The van der Waals surface area contributed by atoms with Gasteiger partial charge in [-0.1, -0.05) is 48.2 Å². The van der Waals surface area contributed by atoms with Crippen LogP contribution in [0.2, 0.25) is 5.02 Å². The van der Waals surface area contributed by atoms with Crippen molar-refractivity contribution in [2.45, 2.75) is 6.54 Å². The Balaban J connectivity index is 1.81. The number of thiocarbonyl (C=S) groups is 1. The molecule has 2 N–H and O–H groups in total. The summed E-state index contributed by atoms with van der Waals surface area (Å²) in [5, 5.41) is 5.03. The van der Waals surface area contributed by atoms with Crippen molar-refractivity contribution >= 4 is 85.2 Å². The summed E-state index contributed by atoms with van der Waals surface area (Å²) in [5.41, 5.74) is 1.98. The van der Waals surface area contributed by atoms with Crippen molar-refractivity contribution < 1.29 is 0 Å². The second kappa shape index (κ2) is 6.92. The molecular formula is C15H10ClIN2S3. The van der Waals surface area contributed by atoms with E-state index in [1.165, 1.54) is 2.88 Å². The number of fused-ring (bicyclic) bond motifs is 1. The molecule has 0 unspecified atom stereocenters. The number of rotatable bonds is 3. The van der Waals surface area contributed by atoms with Gasteiger partial charge < -0.3 is 10.3 Å². The van der Waals surface area contributed by atoms with E-state index in [0.717, 1.165) is 30.9 Å². The standard InChI is InChI=1S/C15H10ClIN2S3/c16-9-3-1-8(2-4-9)6-18-14(21)11-7-19-15-10(13(11)20)5-12(17)22-15/h1-5,7H,6H2,(H,18,21)(H,19,20). The molecule has 0 saturated heterocycles. The van der Waals surface area contributed by atoms with Gasteiger partial charge in [0.15, 0.2) is 0 Å². The summed E-state index contributed by atoms with van der Waals surface area (Å²) in [6, 6.07) is 9.78. The molecule has 0 aliphatic heterocycles. The van der Waals surface area contributed by atoms with Crippen LogP contribution in [-0.4, -0.2) is 9.97 Å². The Hall–Kier alpha value is -0.540. The normalized spacial score (nSPS) is 10.8. The Labute approximate surface area is 161 Å². The Kier molecular flexibility index (Phi) is 5.13. The van der Waals surface area contributed by atoms with E-state index in [4.69, 9.17) is 36.0 Å². The molecule has 3 aromatic rings. The molecule has 0 aliphatic carbocycles. The molecule has 7 heteroatoms. The van der Waals surface area contributed by atoms with E-state index >= 15 is 0 Å². The predicted molar refractivity (Wildman–Crippen MR) is 110 cm³/mol. The number of hydrogen-bond donors (Lipinski definition) is 2. The van der Waals surface area contributed by atoms with E-state index in [-0.39, 0.29) is 0 Å². The van der Waals surface area contributed by atoms with Crippen LogP contribution in [0.3, 0.4) is 0 Å².